The number of likely N-dealkylation sites (tertiary alicyclic amines) is 1. The van der Waals surface area contributed by atoms with Crippen LogP contribution in [0, 0.1) is 5.92 Å². The van der Waals surface area contributed by atoms with Crippen LogP contribution in [0.25, 0.3) is 0 Å². The van der Waals surface area contributed by atoms with Gasteiger partial charge in [0.1, 0.15) is 5.54 Å². The number of carbonyl (C=O) groups is 2. The van der Waals surface area contributed by atoms with Crippen molar-refractivity contribution in [3.8, 4) is 0 Å². The third-order valence-corrected chi connectivity index (χ3v) is 4.07. The summed E-state index contributed by atoms with van der Waals surface area (Å²) in [5.74, 6) is -0.803. The van der Waals surface area contributed by atoms with Crippen molar-refractivity contribution in [2.75, 3.05) is 13.1 Å². The average Bonchev–Trinajstić information content (AvgIpc) is 2.38. The summed E-state index contributed by atoms with van der Waals surface area (Å²) >= 11 is 0. The van der Waals surface area contributed by atoms with Crippen molar-refractivity contribution in [3.05, 3.63) is 0 Å². The molecule has 2 atom stereocenters. The molecule has 1 saturated heterocycles. The first kappa shape index (κ1) is 15.8. The van der Waals surface area contributed by atoms with Gasteiger partial charge in [0.05, 0.1) is 6.10 Å². The SMILES string of the molecule is CCC(C)(NC(=O)N1CCC(C(C)O)CC1)C(=O)O. The number of aliphatic hydroxyl groups excluding tert-OH is 1. The molecule has 2 amide bonds. The van der Waals surface area contributed by atoms with Gasteiger partial charge in [-0.3, -0.25) is 0 Å². The van der Waals surface area contributed by atoms with Gasteiger partial charge < -0.3 is 20.4 Å². The van der Waals surface area contributed by atoms with Crippen molar-refractivity contribution >= 4 is 12.0 Å². The van der Waals surface area contributed by atoms with Gasteiger partial charge in [0.25, 0.3) is 0 Å². The highest BCUT2D eigenvalue weighted by molar-refractivity contribution is 5.85. The van der Waals surface area contributed by atoms with Gasteiger partial charge in [-0.25, -0.2) is 9.59 Å². The molecular weight excluding hydrogens is 248 g/mol. The van der Waals surface area contributed by atoms with E-state index in [9.17, 15) is 14.7 Å². The van der Waals surface area contributed by atoms with E-state index in [2.05, 4.69) is 5.32 Å². The molecule has 6 heteroatoms. The lowest BCUT2D eigenvalue weighted by Crippen LogP contribution is -2.57. The van der Waals surface area contributed by atoms with Gasteiger partial charge in [0, 0.05) is 13.1 Å². The molecule has 0 saturated carbocycles. The second kappa shape index (κ2) is 6.23. The second-order valence-electron chi connectivity index (χ2n) is 5.49. The molecule has 19 heavy (non-hydrogen) atoms. The summed E-state index contributed by atoms with van der Waals surface area (Å²) in [5.41, 5.74) is -1.22. The van der Waals surface area contributed by atoms with Gasteiger partial charge >= 0.3 is 12.0 Å². The minimum absolute atomic E-state index is 0.223. The molecule has 0 aromatic rings. The van der Waals surface area contributed by atoms with Gasteiger partial charge in [-0.05, 0) is 39.0 Å². The van der Waals surface area contributed by atoms with E-state index in [-0.39, 0.29) is 18.1 Å². The lowest BCUT2D eigenvalue weighted by Gasteiger charge is -2.35. The normalized spacial score (nSPS) is 21.6. The fraction of sp³-hybridized carbons (Fsp3) is 0.846. The molecule has 0 aromatic carbocycles. The second-order valence-corrected chi connectivity index (χ2v) is 5.49. The van der Waals surface area contributed by atoms with E-state index < -0.39 is 11.5 Å². The number of hydrogen-bond acceptors (Lipinski definition) is 3. The molecule has 3 N–H and O–H groups in total. The number of aliphatic carboxylic acids is 1. The highest BCUT2D eigenvalue weighted by Crippen LogP contribution is 2.21. The molecule has 1 rings (SSSR count). The van der Waals surface area contributed by atoms with Crippen LogP contribution < -0.4 is 5.32 Å². The number of piperidine rings is 1. The summed E-state index contributed by atoms with van der Waals surface area (Å²) in [5, 5.41) is 21.2. The van der Waals surface area contributed by atoms with Gasteiger partial charge in [-0.2, -0.15) is 0 Å². The van der Waals surface area contributed by atoms with Crippen LogP contribution >= 0.6 is 0 Å². The number of amides is 2. The minimum atomic E-state index is -1.22. The number of carbonyl (C=O) groups excluding carboxylic acids is 1. The van der Waals surface area contributed by atoms with E-state index in [4.69, 9.17) is 5.11 Å². The van der Waals surface area contributed by atoms with E-state index in [0.29, 0.717) is 19.5 Å². The Morgan fingerprint density at radius 2 is 1.95 bits per heavy atom. The predicted molar refractivity (Wildman–Crippen MR) is 70.8 cm³/mol. The first-order chi connectivity index (χ1) is 8.80. The molecule has 0 aliphatic carbocycles. The molecule has 2 unspecified atom stereocenters. The van der Waals surface area contributed by atoms with E-state index in [1.54, 1.807) is 18.7 Å². The van der Waals surface area contributed by atoms with Crippen molar-refractivity contribution in [1.29, 1.82) is 0 Å². The molecule has 6 nitrogen and oxygen atoms in total. The monoisotopic (exact) mass is 272 g/mol. The minimum Gasteiger partial charge on any atom is -0.480 e. The number of rotatable bonds is 4. The van der Waals surface area contributed by atoms with E-state index in [1.165, 1.54) is 6.92 Å². The Balaban J connectivity index is 2.54. The Hall–Kier alpha value is -1.30. The Bertz CT molecular complexity index is 338. The summed E-state index contributed by atoms with van der Waals surface area (Å²) in [6, 6.07) is -0.337. The lowest BCUT2D eigenvalue weighted by molar-refractivity contribution is -0.143. The fourth-order valence-electron chi connectivity index (χ4n) is 2.19. The number of nitrogens with zero attached hydrogens (tertiary/aromatic N) is 1. The Morgan fingerprint density at radius 3 is 2.32 bits per heavy atom. The zero-order chi connectivity index (χ0) is 14.6. The highest BCUT2D eigenvalue weighted by Gasteiger charge is 2.35. The molecule has 0 radical (unpaired) electrons. The van der Waals surface area contributed by atoms with Crippen molar-refractivity contribution in [1.82, 2.24) is 10.2 Å². The molecule has 1 aliphatic rings. The van der Waals surface area contributed by atoms with E-state index in [0.717, 1.165) is 12.8 Å². The first-order valence-corrected chi connectivity index (χ1v) is 6.78. The van der Waals surface area contributed by atoms with Crippen LogP contribution in [0.15, 0.2) is 0 Å². The van der Waals surface area contributed by atoms with Gasteiger partial charge in [-0.1, -0.05) is 6.92 Å². The van der Waals surface area contributed by atoms with Crippen LogP contribution in [-0.2, 0) is 4.79 Å². The molecule has 1 aliphatic heterocycles. The Morgan fingerprint density at radius 1 is 1.42 bits per heavy atom. The molecule has 0 bridgehead atoms. The predicted octanol–water partition coefficient (Wildman–Crippen LogP) is 1.04. The average molecular weight is 272 g/mol. The standard InChI is InChI=1S/C13H24N2O4/c1-4-13(3,11(17)18)14-12(19)15-7-5-10(6-8-15)9(2)16/h9-10,16H,4-8H2,1-3H3,(H,14,19)(H,17,18). The zero-order valence-electron chi connectivity index (χ0n) is 11.8. The summed E-state index contributed by atoms with van der Waals surface area (Å²) in [6.07, 6.45) is 1.48. The zero-order valence-corrected chi connectivity index (χ0v) is 11.8. The van der Waals surface area contributed by atoms with Crippen LogP contribution in [0.2, 0.25) is 0 Å². The van der Waals surface area contributed by atoms with Gasteiger partial charge in [0.2, 0.25) is 0 Å². The summed E-state index contributed by atoms with van der Waals surface area (Å²) < 4.78 is 0. The smallest absolute Gasteiger partial charge is 0.329 e. The van der Waals surface area contributed by atoms with E-state index >= 15 is 0 Å². The number of carboxylic acids is 1. The van der Waals surface area contributed by atoms with Crippen LogP contribution in [-0.4, -0.2) is 51.8 Å². The number of urea groups is 1. The van der Waals surface area contributed by atoms with Crippen molar-refractivity contribution in [2.45, 2.75) is 51.7 Å². The number of nitrogens with one attached hydrogen (secondary N) is 1. The van der Waals surface area contributed by atoms with Crippen LogP contribution in [0.4, 0.5) is 4.79 Å². The molecule has 1 fully saturated rings. The van der Waals surface area contributed by atoms with Crippen LogP contribution in [0.5, 0.6) is 0 Å². The maximum atomic E-state index is 12.0. The van der Waals surface area contributed by atoms with Crippen molar-refractivity contribution in [3.63, 3.8) is 0 Å². The third kappa shape index (κ3) is 3.83. The number of carboxylic acid groups (broad SMARTS) is 1. The van der Waals surface area contributed by atoms with Gasteiger partial charge in [-0.15, -0.1) is 0 Å². The Kier molecular flexibility index (Phi) is 5.17. The maximum Gasteiger partial charge on any atom is 0.329 e. The molecule has 0 aromatic heterocycles. The molecule has 1 heterocycles. The number of aliphatic hydroxyl groups is 1. The maximum absolute atomic E-state index is 12.0. The largest absolute Gasteiger partial charge is 0.480 e. The van der Waals surface area contributed by atoms with Crippen molar-refractivity contribution < 1.29 is 19.8 Å². The molecule has 110 valence electrons. The van der Waals surface area contributed by atoms with Crippen LogP contribution in [0.3, 0.4) is 0 Å². The molecular formula is C13H24N2O4. The van der Waals surface area contributed by atoms with E-state index in [1.807, 2.05) is 0 Å². The van der Waals surface area contributed by atoms with Crippen LogP contribution in [0.1, 0.15) is 40.0 Å². The topological polar surface area (TPSA) is 89.9 Å². The third-order valence-electron chi connectivity index (χ3n) is 4.07. The molecule has 0 spiro atoms. The Labute approximate surface area is 113 Å². The number of hydrogen-bond donors (Lipinski definition) is 3. The fourth-order valence-corrected chi connectivity index (χ4v) is 2.19. The first-order valence-electron chi connectivity index (χ1n) is 6.78. The lowest BCUT2D eigenvalue weighted by atomic mass is 9.92. The van der Waals surface area contributed by atoms with Gasteiger partial charge in [0.15, 0.2) is 0 Å². The van der Waals surface area contributed by atoms with Crippen molar-refractivity contribution in [2.24, 2.45) is 5.92 Å². The highest BCUT2D eigenvalue weighted by atomic mass is 16.4. The summed E-state index contributed by atoms with van der Waals surface area (Å²) in [6.45, 7) is 6.12. The summed E-state index contributed by atoms with van der Waals surface area (Å²) in [7, 11) is 0. The quantitative estimate of drug-likeness (QED) is 0.713. The summed E-state index contributed by atoms with van der Waals surface area (Å²) in [4.78, 5) is 24.8.